The summed E-state index contributed by atoms with van der Waals surface area (Å²) in [5.74, 6) is 3.18. The SMILES string of the molecule is Cc1csc2c(-n3nc(Nc4ccc5c(c4)CCCN(C4CC6CCC4C6)CC5)nc3N)nc(Cl)nc12. The number of nitrogens with one attached hydrogen (secondary N) is 1. The predicted molar refractivity (Wildman–Crippen MR) is 149 cm³/mol. The molecule has 0 saturated heterocycles. The largest absolute Gasteiger partial charge is 0.368 e. The van der Waals surface area contributed by atoms with Crippen molar-refractivity contribution in [1.29, 1.82) is 0 Å². The lowest BCUT2D eigenvalue weighted by molar-refractivity contribution is 0.140. The number of thiophene rings is 1. The molecule has 3 atom stereocenters. The van der Waals surface area contributed by atoms with Gasteiger partial charge in [-0.1, -0.05) is 12.5 Å². The van der Waals surface area contributed by atoms with Crippen molar-refractivity contribution in [3.05, 3.63) is 45.6 Å². The van der Waals surface area contributed by atoms with Gasteiger partial charge in [-0.25, -0.2) is 4.98 Å². The zero-order chi connectivity index (χ0) is 25.1. The molecule has 4 heterocycles. The van der Waals surface area contributed by atoms with Crippen LogP contribution in [0.4, 0.5) is 17.6 Å². The van der Waals surface area contributed by atoms with E-state index in [1.54, 1.807) is 11.3 Å². The summed E-state index contributed by atoms with van der Waals surface area (Å²) in [5, 5.41) is 10.2. The molecule has 1 aromatic carbocycles. The molecule has 0 spiro atoms. The third kappa shape index (κ3) is 4.27. The van der Waals surface area contributed by atoms with Gasteiger partial charge in [-0.05, 0) is 110 Å². The summed E-state index contributed by atoms with van der Waals surface area (Å²) in [6.45, 7) is 4.39. The van der Waals surface area contributed by atoms with Crippen molar-refractivity contribution >= 4 is 50.7 Å². The minimum absolute atomic E-state index is 0.161. The molecule has 4 aromatic rings. The molecule has 3 aliphatic rings. The molecule has 2 bridgehead atoms. The highest BCUT2D eigenvalue weighted by atomic mass is 35.5. The van der Waals surface area contributed by atoms with E-state index in [1.807, 2.05) is 12.3 Å². The highest BCUT2D eigenvalue weighted by Gasteiger charge is 2.42. The normalized spacial score (nSPS) is 23.8. The molecule has 0 amide bonds. The molecule has 8 nitrogen and oxygen atoms in total. The van der Waals surface area contributed by atoms with Crippen LogP contribution >= 0.6 is 22.9 Å². The third-order valence-corrected chi connectivity index (χ3v) is 9.82. The summed E-state index contributed by atoms with van der Waals surface area (Å²) >= 11 is 7.75. The number of nitrogens with zero attached hydrogens (tertiary/aromatic N) is 6. The van der Waals surface area contributed by atoms with Gasteiger partial charge in [-0.15, -0.1) is 16.4 Å². The Labute approximate surface area is 225 Å². The van der Waals surface area contributed by atoms with Crippen molar-refractivity contribution in [2.24, 2.45) is 11.8 Å². The van der Waals surface area contributed by atoms with E-state index < -0.39 is 0 Å². The maximum absolute atomic E-state index is 6.26. The monoisotopic (exact) mass is 534 g/mol. The van der Waals surface area contributed by atoms with E-state index >= 15 is 0 Å². The summed E-state index contributed by atoms with van der Waals surface area (Å²) in [6, 6.07) is 7.48. The molecule has 0 radical (unpaired) electrons. The number of nitrogen functional groups attached to an aromatic ring is 1. The molecule has 3 unspecified atom stereocenters. The topological polar surface area (TPSA) is 97.8 Å². The van der Waals surface area contributed by atoms with Gasteiger partial charge in [0.1, 0.15) is 0 Å². The number of hydrogen-bond acceptors (Lipinski definition) is 8. The van der Waals surface area contributed by atoms with Crippen LogP contribution in [0.5, 0.6) is 0 Å². The van der Waals surface area contributed by atoms with Crippen molar-refractivity contribution < 1.29 is 0 Å². The van der Waals surface area contributed by atoms with Crippen molar-refractivity contribution in [3.8, 4) is 5.82 Å². The predicted octanol–water partition coefficient (Wildman–Crippen LogP) is 5.54. The molecular weight excluding hydrogens is 504 g/mol. The first-order chi connectivity index (χ1) is 18.0. The van der Waals surface area contributed by atoms with Gasteiger partial charge in [0.05, 0.1) is 10.2 Å². The van der Waals surface area contributed by atoms with Gasteiger partial charge in [0, 0.05) is 18.3 Å². The Morgan fingerprint density at radius 1 is 1.08 bits per heavy atom. The van der Waals surface area contributed by atoms with Crippen LogP contribution < -0.4 is 11.1 Å². The quantitative estimate of drug-likeness (QED) is 0.332. The number of anilines is 3. The van der Waals surface area contributed by atoms with Crippen molar-refractivity contribution in [2.45, 2.75) is 57.9 Å². The second-order valence-corrected chi connectivity index (χ2v) is 12.1. The van der Waals surface area contributed by atoms with Crippen LogP contribution in [0.25, 0.3) is 16.0 Å². The second kappa shape index (κ2) is 9.22. The smallest absolute Gasteiger partial charge is 0.248 e. The number of aryl methyl sites for hydroxylation is 2. The lowest BCUT2D eigenvalue weighted by atomic mass is 9.91. The van der Waals surface area contributed by atoms with E-state index in [4.69, 9.17) is 17.3 Å². The van der Waals surface area contributed by atoms with Crippen LogP contribution in [0.15, 0.2) is 23.6 Å². The van der Waals surface area contributed by atoms with Crippen molar-refractivity contribution in [3.63, 3.8) is 0 Å². The Bertz CT molecular complexity index is 1480. The van der Waals surface area contributed by atoms with Crippen molar-refractivity contribution in [2.75, 3.05) is 24.1 Å². The summed E-state index contributed by atoms with van der Waals surface area (Å²) in [6.07, 6.45) is 9.25. The molecule has 2 aliphatic carbocycles. The molecule has 2 saturated carbocycles. The Hall–Kier alpha value is -2.75. The third-order valence-electron chi connectivity index (χ3n) is 8.57. The zero-order valence-electron chi connectivity index (χ0n) is 21.0. The van der Waals surface area contributed by atoms with Gasteiger partial charge < -0.3 is 11.1 Å². The van der Waals surface area contributed by atoms with Crippen LogP contribution in [0.3, 0.4) is 0 Å². The molecule has 10 heteroatoms. The average Bonchev–Trinajstić information content (AvgIpc) is 3.65. The number of halogens is 1. The Kier molecular flexibility index (Phi) is 5.82. The lowest BCUT2D eigenvalue weighted by Gasteiger charge is -2.36. The Morgan fingerprint density at radius 2 is 2.00 bits per heavy atom. The van der Waals surface area contributed by atoms with Crippen LogP contribution in [-0.4, -0.2) is 48.8 Å². The average molecular weight is 535 g/mol. The highest BCUT2D eigenvalue weighted by molar-refractivity contribution is 7.17. The lowest BCUT2D eigenvalue weighted by Crippen LogP contribution is -2.41. The van der Waals surface area contributed by atoms with Gasteiger partial charge in [-0.2, -0.15) is 14.6 Å². The van der Waals surface area contributed by atoms with Crippen LogP contribution in [0, 0.1) is 18.8 Å². The second-order valence-electron chi connectivity index (χ2n) is 10.9. The minimum atomic E-state index is 0.161. The van der Waals surface area contributed by atoms with Crippen LogP contribution in [0.2, 0.25) is 5.28 Å². The van der Waals surface area contributed by atoms with Gasteiger partial charge in [0.15, 0.2) is 5.82 Å². The van der Waals surface area contributed by atoms with Gasteiger partial charge in [0.2, 0.25) is 17.2 Å². The maximum Gasteiger partial charge on any atom is 0.248 e. The molecule has 2 fully saturated rings. The number of aromatic nitrogens is 5. The van der Waals surface area contributed by atoms with Crippen LogP contribution in [0.1, 0.15) is 48.8 Å². The number of fused-ring (bicyclic) bond motifs is 4. The van der Waals surface area contributed by atoms with E-state index in [9.17, 15) is 0 Å². The summed E-state index contributed by atoms with van der Waals surface area (Å²) in [4.78, 5) is 16.0. The summed E-state index contributed by atoms with van der Waals surface area (Å²) in [7, 11) is 0. The Balaban J connectivity index is 1.10. The highest BCUT2D eigenvalue weighted by Crippen LogP contribution is 2.47. The fourth-order valence-corrected chi connectivity index (χ4v) is 7.94. The molecule has 3 aromatic heterocycles. The summed E-state index contributed by atoms with van der Waals surface area (Å²) in [5.41, 5.74) is 12.0. The number of nitrogens with two attached hydrogens (primary N) is 1. The van der Waals surface area contributed by atoms with Gasteiger partial charge in [-0.3, -0.25) is 4.90 Å². The molecule has 3 N–H and O–H groups in total. The molecular formula is C27H31ClN8S. The van der Waals surface area contributed by atoms with E-state index in [1.165, 1.54) is 61.0 Å². The Morgan fingerprint density at radius 3 is 2.84 bits per heavy atom. The van der Waals surface area contributed by atoms with Gasteiger partial charge >= 0.3 is 0 Å². The fourth-order valence-electron chi connectivity index (χ4n) is 6.82. The first kappa shape index (κ1) is 23.4. The van der Waals surface area contributed by atoms with E-state index in [-0.39, 0.29) is 11.2 Å². The van der Waals surface area contributed by atoms with Gasteiger partial charge in [0.25, 0.3) is 0 Å². The molecule has 1 aliphatic heterocycles. The summed E-state index contributed by atoms with van der Waals surface area (Å²) < 4.78 is 2.41. The number of benzene rings is 1. The van der Waals surface area contributed by atoms with Crippen molar-refractivity contribution in [1.82, 2.24) is 29.6 Å². The minimum Gasteiger partial charge on any atom is -0.368 e. The van der Waals surface area contributed by atoms with E-state index in [0.717, 1.165) is 52.2 Å². The first-order valence-electron chi connectivity index (χ1n) is 13.3. The van der Waals surface area contributed by atoms with E-state index in [2.05, 4.69) is 48.5 Å². The molecule has 37 heavy (non-hydrogen) atoms. The number of hydrogen-bond donors (Lipinski definition) is 2. The molecule has 7 rings (SSSR count). The fraction of sp³-hybridized carbons (Fsp3) is 0.481. The van der Waals surface area contributed by atoms with Crippen LogP contribution in [-0.2, 0) is 12.8 Å². The maximum atomic E-state index is 6.26. The zero-order valence-corrected chi connectivity index (χ0v) is 22.5. The molecule has 192 valence electrons. The number of rotatable bonds is 4. The van der Waals surface area contributed by atoms with E-state index in [0.29, 0.717) is 11.8 Å². The first-order valence-corrected chi connectivity index (χ1v) is 14.5. The standard InChI is InChI=1S/C27H31ClN8S/c1-15-14-37-23-22(15)31-25(28)32-24(23)36-26(29)33-27(34-36)30-20-7-6-17-8-10-35(9-2-3-18(17)13-20)21-12-16-4-5-19(21)11-16/h6-7,13-14,16,19,21H,2-5,8-12H2,1H3,(H3,29,30,33,34).